The van der Waals surface area contributed by atoms with E-state index in [1.807, 2.05) is 30.3 Å². The van der Waals surface area contributed by atoms with Crippen LogP contribution in [0.15, 0.2) is 46.3 Å². The molecular weight excluding hydrogens is 565 g/mol. The number of thioether (sulfide) groups is 1. The first-order chi connectivity index (χ1) is 16.5. The van der Waals surface area contributed by atoms with Gasteiger partial charge in [0.15, 0.2) is 16.7 Å². The molecule has 1 amide bonds. The number of nitrogens with zero attached hydrogens (tertiary/aromatic N) is 3. The molecule has 34 heavy (non-hydrogen) atoms. The number of amidine groups is 1. The second-order valence-corrected chi connectivity index (χ2v) is 9.68. The number of methoxy groups -OCH3 is 1. The van der Waals surface area contributed by atoms with E-state index in [4.69, 9.17) is 25.6 Å². The van der Waals surface area contributed by atoms with Crippen molar-refractivity contribution in [3.8, 4) is 23.8 Å². The standard InChI is InChI=1S/C25H24IN3O4S/c1-4-11-33-23-20(26)14-17(15-21(23)31-3)16-22-24(30)28(2)25(34-22)27-18-5-7-19(8-6-18)29-9-12-32-13-10-29/h1,5-8,14-16H,9-13H2,2-3H3/b22-16-,27-25?. The minimum atomic E-state index is -0.102. The minimum Gasteiger partial charge on any atom is -0.493 e. The highest BCUT2D eigenvalue weighted by Crippen LogP contribution is 2.37. The number of anilines is 1. The smallest absolute Gasteiger partial charge is 0.266 e. The zero-order valence-corrected chi connectivity index (χ0v) is 21.9. The molecule has 0 aromatic heterocycles. The van der Waals surface area contributed by atoms with E-state index in [2.05, 4.69) is 45.5 Å². The number of morpholine rings is 1. The summed E-state index contributed by atoms with van der Waals surface area (Å²) in [7, 11) is 3.31. The van der Waals surface area contributed by atoms with E-state index in [-0.39, 0.29) is 12.5 Å². The zero-order valence-electron chi connectivity index (χ0n) is 18.9. The van der Waals surface area contributed by atoms with Gasteiger partial charge in [-0.25, -0.2) is 4.99 Å². The molecule has 2 aromatic rings. The zero-order chi connectivity index (χ0) is 24.1. The van der Waals surface area contributed by atoms with Crippen molar-refractivity contribution in [1.82, 2.24) is 4.90 Å². The molecule has 0 spiro atoms. The summed E-state index contributed by atoms with van der Waals surface area (Å²) >= 11 is 3.51. The summed E-state index contributed by atoms with van der Waals surface area (Å²) < 4.78 is 17.3. The van der Waals surface area contributed by atoms with E-state index in [1.165, 1.54) is 11.8 Å². The van der Waals surface area contributed by atoms with Gasteiger partial charge in [-0.15, -0.1) is 6.42 Å². The summed E-state index contributed by atoms with van der Waals surface area (Å²) in [6, 6.07) is 11.8. The number of hydrogen-bond donors (Lipinski definition) is 0. The van der Waals surface area contributed by atoms with Crippen molar-refractivity contribution < 1.29 is 19.0 Å². The van der Waals surface area contributed by atoms with Crippen molar-refractivity contribution in [1.29, 1.82) is 0 Å². The largest absolute Gasteiger partial charge is 0.493 e. The van der Waals surface area contributed by atoms with Crippen LogP contribution < -0.4 is 14.4 Å². The summed E-state index contributed by atoms with van der Waals surface area (Å²) in [4.78, 5) is 22.0. The average Bonchev–Trinajstić information content (AvgIpc) is 3.11. The first-order valence-corrected chi connectivity index (χ1v) is 12.5. The maximum atomic E-state index is 12.9. The molecule has 2 aromatic carbocycles. The number of likely N-dealkylation sites (N-methyl/N-ethyl adjacent to an activating group) is 1. The van der Waals surface area contributed by atoms with Crippen molar-refractivity contribution >= 4 is 62.9 Å². The van der Waals surface area contributed by atoms with Crippen LogP contribution in [-0.2, 0) is 9.53 Å². The maximum absolute atomic E-state index is 12.9. The monoisotopic (exact) mass is 589 g/mol. The highest BCUT2D eigenvalue weighted by molar-refractivity contribution is 14.1. The summed E-state index contributed by atoms with van der Waals surface area (Å²) in [5.74, 6) is 3.51. The number of halogens is 1. The van der Waals surface area contributed by atoms with E-state index in [0.717, 1.165) is 46.8 Å². The first kappa shape index (κ1) is 24.4. The van der Waals surface area contributed by atoms with Gasteiger partial charge in [-0.2, -0.15) is 0 Å². The molecule has 0 aliphatic carbocycles. The third-order valence-electron chi connectivity index (χ3n) is 5.30. The van der Waals surface area contributed by atoms with Crippen LogP contribution in [0.5, 0.6) is 11.5 Å². The number of hydrogen-bond acceptors (Lipinski definition) is 7. The van der Waals surface area contributed by atoms with Crippen LogP contribution in [0.1, 0.15) is 5.56 Å². The lowest BCUT2D eigenvalue weighted by Crippen LogP contribution is -2.36. The molecule has 2 aliphatic rings. The van der Waals surface area contributed by atoms with Gasteiger partial charge in [0.2, 0.25) is 0 Å². The van der Waals surface area contributed by atoms with Crippen molar-refractivity contribution in [2.24, 2.45) is 4.99 Å². The molecule has 0 bridgehead atoms. The predicted molar refractivity (Wildman–Crippen MR) is 145 cm³/mol. The molecule has 7 nitrogen and oxygen atoms in total. The fraction of sp³-hybridized carbons (Fsp3) is 0.280. The van der Waals surface area contributed by atoms with E-state index in [9.17, 15) is 4.79 Å². The van der Waals surface area contributed by atoms with Crippen LogP contribution in [0, 0.1) is 15.9 Å². The quantitative estimate of drug-likeness (QED) is 0.283. The molecule has 2 aliphatic heterocycles. The number of rotatable bonds is 6. The second-order valence-electron chi connectivity index (χ2n) is 7.51. The van der Waals surface area contributed by atoms with Gasteiger partial charge in [0.05, 0.1) is 34.5 Å². The molecule has 0 N–H and O–H groups in total. The van der Waals surface area contributed by atoms with E-state index < -0.39 is 0 Å². The summed E-state index contributed by atoms with van der Waals surface area (Å²) in [5, 5.41) is 0.631. The summed E-state index contributed by atoms with van der Waals surface area (Å²) in [6.07, 6.45) is 7.14. The Balaban J connectivity index is 1.54. The van der Waals surface area contributed by atoms with E-state index >= 15 is 0 Å². The number of aliphatic imine (C=N–C) groups is 1. The number of ether oxygens (including phenoxy) is 3. The van der Waals surface area contributed by atoms with E-state index in [0.29, 0.717) is 21.6 Å². The molecule has 2 saturated heterocycles. The first-order valence-electron chi connectivity index (χ1n) is 10.6. The fourth-order valence-corrected chi connectivity index (χ4v) is 5.32. The van der Waals surface area contributed by atoms with Crippen LogP contribution in [-0.4, -0.2) is 63.0 Å². The number of benzene rings is 2. The topological polar surface area (TPSA) is 63.6 Å². The molecule has 0 radical (unpaired) electrons. The lowest BCUT2D eigenvalue weighted by Gasteiger charge is -2.28. The molecule has 0 unspecified atom stereocenters. The molecule has 9 heteroatoms. The van der Waals surface area contributed by atoms with Crippen molar-refractivity contribution in [2.75, 3.05) is 52.0 Å². The molecule has 2 heterocycles. The molecule has 0 atom stereocenters. The van der Waals surface area contributed by atoms with Gasteiger partial charge >= 0.3 is 0 Å². The Bertz CT molecular complexity index is 1170. The van der Waals surface area contributed by atoms with Crippen LogP contribution in [0.25, 0.3) is 6.08 Å². The van der Waals surface area contributed by atoms with Crippen LogP contribution in [0.3, 0.4) is 0 Å². The molecule has 0 saturated carbocycles. The Kier molecular flexibility index (Phi) is 8.03. The maximum Gasteiger partial charge on any atom is 0.266 e. The highest BCUT2D eigenvalue weighted by Gasteiger charge is 2.30. The molecule has 2 fully saturated rings. The van der Waals surface area contributed by atoms with Crippen LogP contribution >= 0.6 is 34.4 Å². The predicted octanol–water partition coefficient (Wildman–Crippen LogP) is 4.38. The van der Waals surface area contributed by atoms with Crippen molar-refractivity contribution in [3.05, 3.63) is 50.4 Å². The van der Waals surface area contributed by atoms with Crippen molar-refractivity contribution in [2.45, 2.75) is 0 Å². The summed E-state index contributed by atoms with van der Waals surface area (Å²) in [5.41, 5.74) is 2.77. The Morgan fingerprint density at radius 2 is 2.00 bits per heavy atom. The van der Waals surface area contributed by atoms with Gasteiger partial charge in [0.1, 0.15) is 6.61 Å². The van der Waals surface area contributed by atoms with Crippen molar-refractivity contribution in [3.63, 3.8) is 0 Å². The lowest BCUT2D eigenvalue weighted by atomic mass is 10.2. The number of carbonyl (C=O) groups is 1. The molecular formula is C25H24IN3O4S. The number of amides is 1. The van der Waals surface area contributed by atoms with Crippen LogP contribution in [0.2, 0.25) is 0 Å². The Labute approximate surface area is 217 Å². The normalized spacial score (nSPS) is 18.5. The van der Waals surface area contributed by atoms with Crippen LogP contribution in [0.4, 0.5) is 11.4 Å². The van der Waals surface area contributed by atoms with Gasteiger partial charge in [0, 0.05) is 25.8 Å². The second kappa shape index (κ2) is 11.2. The van der Waals surface area contributed by atoms with Gasteiger partial charge in [-0.3, -0.25) is 9.69 Å². The number of carbonyl (C=O) groups excluding carboxylic acids is 1. The van der Waals surface area contributed by atoms with Gasteiger partial charge < -0.3 is 19.1 Å². The van der Waals surface area contributed by atoms with Gasteiger partial charge in [0.25, 0.3) is 5.91 Å². The molecule has 176 valence electrons. The highest BCUT2D eigenvalue weighted by atomic mass is 127. The lowest BCUT2D eigenvalue weighted by molar-refractivity contribution is -0.121. The third-order valence-corrected chi connectivity index (χ3v) is 7.17. The summed E-state index contributed by atoms with van der Waals surface area (Å²) in [6.45, 7) is 3.41. The third kappa shape index (κ3) is 5.51. The Morgan fingerprint density at radius 3 is 2.68 bits per heavy atom. The number of terminal acetylenes is 1. The van der Waals surface area contributed by atoms with E-state index in [1.54, 1.807) is 19.1 Å². The van der Waals surface area contributed by atoms with Gasteiger partial charge in [-0.1, -0.05) is 5.92 Å². The van der Waals surface area contributed by atoms with Gasteiger partial charge in [-0.05, 0) is 82.4 Å². The fourth-order valence-electron chi connectivity index (χ4n) is 3.55. The molecule has 4 rings (SSSR count). The average molecular weight is 589 g/mol. The Hall–Kier alpha value is -2.68. The Morgan fingerprint density at radius 1 is 1.26 bits per heavy atom. The minimum absolute atomic E-state index is 0.102. The SMILES string of the molecule is C#CCOc1c(I)cc(/C=C2\SC(=Nc3ccc(N4CCOCC4)cc3)N(C)C2=O)cc1OC.